The van der Waals surface area contributed by atoms with Crippen LogP contribution in [0.3, 0.4) is 0 Å². The van der Waals surface area contributed by atoms with Crippen LogP contribution in [-0.2, 0) is 23.7 Å². The van der Waals surface area contributed by atoms with E-state index in [1.165, 1.54) is 44.9 Å². The highest BCUT2D eigenvalue weighted by Crippen LogP contribution is 2.14. The quantitative estimate of drug-likeness (QED) is 0.522. The summed E-state index contributed by atoms with van der Waals surface area (Å²) in [5, 5.41) is 0. The third kappa shape index (κ3) is 13.6. The Bertz CT molecular complexity index is 273. The minimum atomic E-state index is -0.414. The first-order valence-corrected chi connectivity index (χ1v) is 10.2. The van der Waals surface area contributed by atoms with E-state index in [2.05, 4.69) is 6.92 Å². The SMILES string of the molecule is CCCCCCCCCCOCC1(C)COCCOCCOCCO1. The molecule has 0 aromatic rings. The Kier molecular flexibility index (Phi) is 14.6. The highest BCUT2D eigenvalue weighted by molar-refractivity contribution is 4.74. The van der Waals surface area contributed by atoms with Crippen LogP contribution in [0.4, 0.5) is 0 Å². The summed E-state index contributed by atoms with van der Waals surface area (Å²) in [5.74, 6) is 0. The number of hydrogen-bond donors (Lipinski definition) is 0. The molecule has 1 atom stereocenters. The van der Waals surface area contributed by atoms with Gasteiger partial charge in [0.2, 0.25) is 0 Å². The second-order valence-electron chi connectivity index (χ2n) is 7.10. The van der Waals surface area contributed by atoms with Crippen LogP contribution in [0.25, 0.3) is 0 Å². The maximum absolute atomic E-state index is 5.97. The molecule has 25 heavy (non-hydrogen) atoms. The van der Waals surface area contributed by atoms with Crippen molar-refractivity contribution >= 4 is 0 Å². The lowest BCUT2D eigenvalue weighted by atomic mass is 10.1. The predicted molar refractivity (Wildman–Crippen MR) is 100 cm³/mol. The molecule has 1 aliphatic heterocycles. The standard InChI is InChI=1S/C20H40O5/c1-3-4-5-6-7-8-9-10-11-23-18-20(2)19-24-15-14-21-12-13-22-16-17-25-20/h3-19H2,1-2H3. The molecule has 0 amide bonds. The van der Waals surface area contributed by atoms with Crippen molar-refractivity contribution in [1.82, 2.24) is 0 Å². The van der Waals surface area contributed by atoms with Crippen LogP contribution >= 0.6 is 0 Å². The fourth-order valence-corrected chi connectivity index (χ4v) is 2.83. The van der Waals surface area contributed by atoms with Gasteiger partial charge in [0, 0.05) is 6.61 Å². The van der Waals surface area contributed by atoms with Gasteiger partial charge in [-0.1, -0.05) is 51.9 Å². The van der Waals surface area contributed by atoms with Gasteiger partial charge in [0.25, 0.3) is 0 Å². The third-order valence-electron chi connectivity index (χ3n) is 4.38. The molecule has 1 rings (SSSR count). The van der Waals surface area contributed by atoms with E-state index in [9.17, 15) is 0 Å². The Morgan fingerprint density at radius 2 is 1.28 bits per heavy atom. The van der Waals surface area contributed by atoms with Gasteiger partial charge in [-0.3, -0.25) is 0 Å². The maximum Gasteiger partial charge on any atom is 0.112 e. The van der Waals surface area contributed by atoms with Crippen LogP contribution in [-0.4, -0.2) is 65.1 Å². The van der Waals surface area contributed by atoms with Crippen molar-refractivity contribution in [2.24, 2.45) is 0 Å². The van der Waals surface area contributed by atoms with Gasteiger partial charge in [-0.05, 0) is 13.3 Å². The van der Waals surface area contributed by atoms with E-state index in [0.717, 1.165) is 13.0 Å². The van der Waals surface area contributed by atoms with Gasteiger partial charge in [0.15, 0.2) is 0 Å². The predicted octanol–water partition coefficient (Wildman–Crippen LogP) is 3.98. The molecule has 0 N–H and O–H groups in total. The molecule has 0 spiro atoms. The summed E-state index contributed by atoms with van der Waals surface area (Å²) in [7, 11) is 0. The average Bonchev–Trinajstić information content (AvgIpc) is 2.60. The molecule has 0 bridgehead atoms. The van der Waals surface area contributed by atoms with E-state index in [0.29, 0.717) is 52.9 Å². The van der Waals surface area contributed by atoms with Gasteiger partial charge in [0.05, 0.1) is 52.9 Å². The molecule has 0 radical (unpaired) electrons. The number of rotatable bonds is 11. The highest BCUT2D eigenvalue weighted by Gasteiger charge is 2.26. The van der Waals surface area contributed by atoms with E-state index in [1.807, 2.05) is 6.92 Å². The molecule has 1 aliphatic rings. The van der Waals surface area contributed by atoms with E-state index >= 15 is 0 Å². The Morgan fingerprint density at radius 3 is 1.96 bits per heavy atom. The van der Waals surface area contributed by atoms with Gasteiger partial charge in [-0.15, -0.1) is 0 Å². The first-order valence-electron chi connectivity index (χ1n) is 10.2. The monoisotopic (exact) mass is 360 g/mol. The topological polar surface area (TPSA) is 46.2 Å². The summed E-state index contributed by atoms with van der Waals surface area (Å²) in [4.78, 5) is 0. The average molecular weight is 361 g/mol. The zero-order chi connectivity index (χ0) is 18.1. The zero-order valence-corrected chi connectivity index (χ0v) is 16.6. The molecule has 0 saturated carbocycles. The van der Waals surface area contributed by atoms with Crippen LogP contribution in [0.15, 0.2) is 0 Å². The molecule has 0 aliphatic carbocycles. The molecular formula is C20H40O5. The first-order chi connectivity index (χ1) is 12.3. The van der Waals surface area contributed by atoms with Crippen molar-refractivity contribution in [3.8, 4) is 0 Å². The van der Waals surface area contributed by atoms with E-state index in [1.54, 1.807) is 0 Å². The maximum atomic E-state index is 5.97. The molecular weight excluding hydrogens is 320 g/mol. The van der Waals surface area contributed by atoms with Gasteiger partial charge >= 0.3 is 0 Å². The van der Waals surface area contributed by atoms with Gasteiger partial charge in [-0.25, -0.2) is 0 Å². The smallest absolute Gasteiger partial charge is 0.112 e. The molecule has 0 aromatic carbocycles. The Balaban J connectivity index is 2.08. The van der Waals surface area contributed by atoms with Crippen LogP contribution in [0.2, 0.25) is 0 Å². The second-order valence-corrected chi connectivity index (χ2v) is 7.10. The lowest BCUT2D eigenvalue weighted by Crippen LogP contribution is -2.41. The van der Waals surface area contributed by atoms with E-state index < -0.39 is 5.60 Å². The van der Waals surface area contributed by atoms with Crippen LogP contribution in [0, 0.1) is 0 Å². The summed E-state index contributed by atoms with van der Waals surface area (Å²) in [6.07, 6.45) is 10.5. The molecule has 1 saturated heterocycles. The molecule has 1 unspecified atom stereocenters. The summed E-state index contributed by atoms with van der Waals surface area (Å²) in [6, 6.07) is 0. The van der Waals surface area contributed by atoms with Crippen molar-refractivity contribution in [3.05, 3.63) is 0 Å². The van der Waals surface area contributed by atoms with E-state index in [-0.39, 0.29) is 0 Å². The lowest BCUT2D eigenvalue weighted by Gasteiger charge is -2.30. The lowest BCUT2D eigenvalue weighted by molar-refractivity contribution is -0.143. The minimum Gasteiger partial charge on any atom is -0.378 e. The third-order valence-corrected chi connectivity index (χ3v) is 4.38. The first kappa shape index (κ1) is 22.8. The summed E-state index contributed by atoms with van der Waals surface area (Å²) >= 11 is 0. The highest BCUT2D eigenvalue weighted by atomic mass is 16.6. The molecule has 1 heterocycles. The fourth-order valence-electron chi connectivity index (χ4n) is 2.83. The van der Waals surface area contributed by atoms with Gasteiger partial charge in [0.1, 0.15) is 5.60 Å². The molecule has 1 fully saturated rings. The molecule has 5 heteroatoms. The Hall–Kier alpha value is -0.200. The fraction of sp³-hybridized carbons (Fsp3) is 1.00. The van der Waals surface area contributed by atoms with Gasteiger partial charge < -0.3 is 23.7 Å². The van der Waals surface area contributed by atoms with Crippen LogP contribution in [0.1, 0.15) is 65.2 Å². The largest absolute Gasteiger partial charge is 0.378 e. The zero-order valence-electron chi connectivity index (χ0n) is 16.6. The van der Waals surface area contributed by atoms with E-state index in [4.69, 9.17) is 23.7 Å². The summed E-state index contributed by atoms with van der Waals surface area (Å²) < 4.78 is 28.4. The van der Waals surface area contributed by atoms with Crippen molar-refractivity contribution in [2.45, 2.75) is 70.8 Å². The molecule has 0 aromatic heterocycles. The number of ether oxygens (including phenoxy) is 5. The van der Waals surface area contributed by atoms with Gasteiger partial charge in [-0.2, -0.15) is 0 Å². The second kappa shape index (κ2) is 16.0. The van der Waals surface area contributed by atoms with Crippen LogP contribution in [0.5, 0.6) is 0 Å². The molecule has 150 valence electrons. The van der Waals surface area contributed by atoms with Crippen molar-refractivity contribution in [2.75, 3.05) is 59.5 Å². The Morgan fingerprint density at radius 1 is 0.720 bits per heavy atom. The van der Waals surface area contributed by atoms with Crippen LogP contribution < -0.4 is 0 Å². The molecule has 5 nitrogen and oxygen atoms in total. The number of hydrogen-bond acceptors (Lipinski definition) is 5. The van der Waals surface area contributed by atoms with Crippen molar-refractivity contribution < 1.29 is 23.7 Å². The van der Waals surface area contributed by atoms with Crippen molar-refractivity contribution in [1.29, 1.82) is 0 Å². The van der Waals surface area contributed by atoms with Crippen molar-refractivity contribution in [3.63, 3.8) is 0 Å². The summed E-state index contributed by atoms with van der Waals surface area (Å²) in [6.45, 7) is 9.72. The summed E-state index contributed by atoms with van der Waals surface area (Å²) in [5.41, 5.74) is -0.414. The normalized spacial score (nSPS) is 23.8. The number of unbranched alkanes of at least 4 members (excludes halogenated alkanes) is 7. The minimum absolute atomic E-state index is 0.414. The Labute approximate surface area is 154 Å².